The van der Waals surface area contributed by atoms with Crippen molar-refractivity contribution in [2.75, 3.05) is 7.05 Å². The second-order valence-electron chi connectivity index (χ2n) is 3.65. The van der Waals surface area contributed by atoms with Crippen molar-refractivity contribution >= 4 is 22.6 Å². The summed E-state index contributed by atoms with van der Waals surface area (Å²) in [5.41, 5.74) is 0. The molecule has 0 amide bonds. The van der Waals surface area contributed by atoms with E-state index < -0.39 is 0 Å². The van der Waals surface area contributed by atoms with Crippen molar-refractivity contribution in [3.63, 3.8) is 0 Å². The Labute approximate surface area is 98.2 Å². The molecule has 1 saturated carbocycles. The Balaban J connectivity index is 1.87. The Morgan fingerprint density at radius 3 is 2.86 bits per heavy atom. The highest BCUT2D eigenvalue weighted by molar-refractivity contribution is 14.1. The average Bonchev–Trinajstić information content (AvgIpc) is 2.10. The van der Waals surface area contributed by atoms with Gasteiger partial charge in [-0.2, -0.15) is 0 Å². The van der Waals surface area contributed by atoms with Crippen molar-refractivity contribution < 1.29 is 4.74 Å². The van der Waals surface area contributed by atoms with E-state index in [9.17, 15) is 0 Å². The summed E-state index contributed by atoms with van der Waals surface area (Å²) in [5.74, 6) is 0.997. The van der Waals surface area contributed by atoms with E-state index in [1.807, 2.05) is 19.2 Å². The zero-order chi connectivity index (χ0) is 9.97. The van der Waals surface area contributed by atoms with Gasteiger partial charge < -0.3 is 10.1 Å². The first-order valence-electron chi connectivity index (χ1n) is 4.87. The van der Waals surface area contributed by atoms with Crippen LogP contribution in [0.5, 0.6) is 5.75 Å². The van der Waals surface area contributed by atoms with E-state index in [1.165, 1.54) is 3.57 Å². The van der Waals surface area contributed by atoms with Crippen LogP contribution in [0.15, 0.2) is 24.3 Å². The first-order valence-corrected chi connectivity index (χ1v) is 5.95. The fourth-order valence-electron chi connectivity index (χ4n) is 1.63. The number of rotatable bonds is 3. The van der Waals surface area contributed by atoms with E-state index in [1.54, 1.807) is 0 Å². The van der Waals surface area contributed by atoms with Gasteiger partial charge >= 0.3 is 0 Å². The summed E-state index contributed by atoms with van der Waals surface area (Å²) in [6.45, 7) is 0. The molecule has 0 atom stereocenters. The summed E-state index contributed by atoms with van der Waals surface area (Å²) in [6, 6.07) is 8.86. The number of halogens is 1. The van der Waals surface area contributed by atoms with Gasteiger partial charge in [0.05, 0.1) is 0 Å². The molecule has 0 bridgehead atoms. The van der Waals surface area contributed by atoms with Crippen LogP contribution in [-0.4, -0.2) is 19.2 Å². The highest BCUT2D eigenvalue weighted by Crippen LogP contribution is 2.26. The molecule has 1 N–H and O–H groups in total. The quantitative estimate of drug-likeness (QED) is 0.866. The lowest BCUT2D eigenvalue weighted by Gasteiger charge is -2.35. The Kier molecular flexibility index (Phi) is 3.28. The Morgan fingerprint density at radius 2 is 2.21 bits per heavy atom. The molecule has 1 aromatic carbocycles. The maximum Gasteiger partial charge on any atom is 0.120 e. The summed E-state index contributed by atoms with van der Waals surface area (Å²) in [4.78, 5) is 0. The summed E-state index contributed by atoms with van der Waals surface area (Å²) in [6.07, 6.45) is 2.66. The van der Waals surface area contributed by atoms with E-state index >= 15 is 0 Å². The van der Waals surface area contributed by atoms with Gasteiger partial charge in [-0.15, -0.1) is 0 Å². The van der Waals surface area contributed by atoms with Gasteiger partial charge in [0.1, 0.15) is 11.9 Å². The summed E-state index contributed by atoms with van der Waals surface area (Å²) >= 11 is 2.30. The monoisotopic (exact) mass is 303 g/mol. The lowest BCUT2D eigenvalue weighted by Crippen LogP contribution is -2.45. The van der Waals surface area contributed by atoms with Crippen molar-refractivity contribution in [1.82, 2.24) is 5.32 Å². The number of ether oxygens (including phenoxy) is 1. The predicted octanol–water partition coefficient (Wildman–Crippen LogP) is 2.42. The average molecular weight is 303 g/mol. The highest BCUT2D eigenvalue weighted by Gasteiger charge is 2.29. The van der Waals surface area contributed by atoms with Crippen molar-refractivity contribution in [2.45, 2.75) is 25.0 Å². The van der Waals surface area contributed by atoms with Gasteiger partial charge in [-0.1, -0.05) is 6.07 Å². The minimum absolute atomic E-state index is 0.408. The van der Waals surface area contributed by atoms with Crippen molar-refractivity contribution in [2.24, 2.45) is 0 Å². The first kappa shape index (κ1) is 10.2. The molecule has 0 spiro atoms. The second kappa shape index (κ2) is 4.49. The normalized spacial score (nSPS) is 25.6. The molecule has 0 aromatic heterocycles. The fourth-order valence-corrected chi connectivity index (χ4v) is 2.14. The zero-order valence-electron chi connectivity index (χ0n) is 8.16. The molecule has 1 aliphatic rings. The lowest BCUT2D eigenvalue weighted by atomic mass is 9.89. The van der Waals surface area contributed by atoms with Gasteiger partial charge in [0.2, 0.25) is 0 Å². The standard InChI is InChI=1S/C11H14INO/c1-13-9-6-11(7-9)14-10-4-2-3-8(12)5-10/h2-5,9,11,13H,6-7H2,1H3. The SMILES string of the molecule is CNC1CC(Oc2cccc(I)c2)C1. The molecule has 2 rings (SSSR count). The third kappa shape index (κ3) is 2.39. The van der Waals surface area contributed by atoms with Gasteiger partial charge in [-0.3, -0.25) is 0 Å². The third-order valence-electron chi connectivity index (χ3n) is 2.60. The molecular formula is C11H14INO. The van der Waals surface area contributed by atoms with Gasteiger partial charge in [0.25, 0.3) is 0 Å². The smallest absolute Gasteiger partial charge is 0.120 e. The topological polar surface area (TPSA) is 21.3 Å². The van der Waals surface area contributed by atoms with Gasteiger partial charge in [-0.05, 0) is 60.7 Å². The molecule has 0 unspecified atom stereocenters. The largest absolute Gasteiger partial charge is 0.490 e. The van der Waals surface area contributed by atoms with Crippen LogP contribution in [0.1, 0.15) is 12.8 Å². The molecule has 0 saturated heterocycles. The maximum atomic E-state index is 5.82. The van der Waals surface area contributed by atoms with E-state index in [4.69, 9.17) is 4.74 Å². The van der Waals surface area contributed by atoms with Crippen LogP contribution in [0.3, 0.4) is 0 Å². The Morgan fingerprint density at radius 1 is 1.43 bits per heavy atom. The molecule has 0 aliphatic heterocycles. The molecule has 0 radical (unpaired) electrons. The molecule has 1 aliphatic carbocycles. The molecule has 2 nitrogen and oxygen atoms in total. The van der Waals surface area contributed by atoms with Crippen LogP contribution >= 0.6 is 22.6 Å². The van der Waals surface area contributed by atoms with E-state index in [-0.39, 0.29) is 0 Å². The second-order valence-corrected chi connectivity index (χ2v) is 4.90. The first-order chi connectivity index (χ1) is 6.78. The predicted molar refractivity (Wildman–Crippen MR) is 65.7 cm³/mol. The minimum Gasteiger partial charge on any atom is -0.490 e. The van der Waals surface area contributed by atoms with E-state index in [0.717, 1.165) is 18.6 Å². The van der Waals surface area contributed by atoms with Crippen molar-refractivity contribution in [1.29, 1.82) is 0 Å². The summed E-state index contributed by atoms with van der Waals surface area (Å²) in [7, 11) is 2.01. The van der Waals surface area contributed by atoms with Gasteiger partial charge in [0.15, 0.2) is 0 Å². The lowest BCUT2D eigenvalue weighted by molar-refractivity contribution is 0.0884. The fraction of sp³-hybridized carbons (Fsp3) is 0.455. The maximum absolute atomic E-state index is 5.82. The number of benzene rings is 1. The number of hydrogen-bond acceptors (Lipinski definition) is 2. The molecule has 1 fully saturated rings. The Hall–Kier alpha value is -0.290. The molecule has 76 valence electrons. The van der Waals surface area contributed by atoms with Crippen LogP contribution in [0.25, 0.3) is 0 Å². The molecule has 3 heteroatoms. The molecule has 0 heterocycles. The van der Waals surface area contributed by atoms with Crippen molar-refractivity contribution in [3.8, 4) is 5.75 Å². The van der Waals surface area contributed by atoms with Crippen LogP contribution in [-0.2, 0) is 0 Å². The Bertz CT molecular complexity index is 310. The number of nitrogens with one attached hydrogen (secondary N) is 1. The van der Waals surface area contributed by atoms with Crippen LogP contribution in [0.2, 0.25) is 0 Å². The zero-order valence-corrected chi connectivity index (χ0v) is 10.3. The molecule has 14 heavy (non-hydrogen) atoms. The minimum atomic E-state index is 0.408. The van der Waals surface area contributed by atoms with Crippen LogP contribution in [0, 0.1) is 3.57 Å². The van der Waals surface area contributed by atoms with Crippen molar-refractivity contribution in [3.05, 3.63) is 27.8 Å². The third-order valence-corrected chi connectivity index (χ3v) is 3.27. The summed E-state index contributed by atoms with van der Waals surface area (Å²) < 4.78 is 7.04. The van der Waals surface area contributed by atoms with E-state index in [0.29, 0.717) is 12.1 Å². The number of hydrogen-bond donors (Lipinski definition) is 1. The summed E-state index contributed by atoms with van der Waals surface area (Å²) in [5, 5.41) is 3.25. The van der Waals surface area contributed by atoms with Gasteiger partial charge in [-0.25, -0.2) is 0 Å². The molecule has 1 aromatic rings. The van der Waals surface area contributed by atoms with Crippen LogP contribution in [0.4, 0.5) is 0 Å². The highest BCUT2D eigenvalue weighted by atomic mass is 127. The van der Waals surface area contributed by atoms with Crippen LogP contribution < -0.4 is 10.1 Å². The van der Waals surface area contributed by atoms with Gasteiger partial charge in [0, 0.05) is 9.61 Å². The van der Waals surface area contributed by atoms with E-state index in [2.05, 4.69) is 40.0 Å². The molecular weight excluding hydrogens is 289 g/mol.